The molecule has 0 aliphatic heterocycles. The minimum atomic E-state index is -1.21. The van der Waals surface area contributed by atoms with Crippen LogP contribution in [0, 0.1) is 44.6 Å². The Morgan fingerprint density at radius 2 is 1.90 bits per heavy atom. The van der Waals surface area contributed by atoms with E-state index in [-0.39, 0.29) is 65.7 Å². The van der Waals surface area contributed by atoms with Gasteiger partial charge in [0, 0.05) is 17.3 Å². The van der Waals surface area contributed by atoms with Gasteiger partial charge >= 0.3 is 12.1 Å². The van der Waals surface area contributed by atoms with Crippen molar-refractivity contribution in [2.75, 3.05) is 19.8 Å². The van der Waals surface area contributed by atoms with Crippen molar-refractivity contribution >= 4 is 23.7 Å². The molecule has 0 aromatic carbocycles. The molecule has 0 aromatic heterocycles. The number of fused-ring (bicyclic) bond motifs is 5. The molecule has 0 heterocycles. The lowest BCUT2D eigenvalue weighted by atomic mass is 9.46. The molecule has 0 radical (unpaired) electrons. The number of rotatable bonds is 8. The van der Waals surface area contributed by atoms with Crippen LogP contribution in [0.25, 0.3) is 0 Å². The molecule has 4 rings (SSSR count). The fourth-order valence-corrected chi connectivity index (χ4v) is 7.51. The van der Waals surface area contributed by atoms with Gasteiger partial charge in [0.2, 0.25) is 0 Å². The van der Waals surface area contributed by atoms with E-state index < -0.39 is 29.9 Å². The highest BCUT2D eigenvalue weighted by Gasteiger charge is 2.62. The van der Waals surface area contributed by atoms with Crippen molar-refractivity contribution < 1.29 is 48.8 Å². The third-order valence-corrected chi connectivity index (χ3v) is 9.03. The maximum atomic E-state index is 13.0. The van der Waals surface area contributed by atoms with Gasteiger partial charge in [-0.3, -0.25) is 14.4 Å². The lowest BCUT2D eigenvalue weighted by Crippen LogP contribution is -2.56. The molecule has 39 heavy (non-hydrogen) atoms. The lowest BCUT2D eigenvalue weighted by Gasteiger charge is -2.58. The van der Waals surface area contributed by atoms with Crippen LogP contribution >= 0.6 is 0 Å². The van der Waals surface area contributed by atoms with Gasteiger partial charge in [-0.15, -0.1) is 10.1 Å². The van der Waals surface area contributed by atoms with E-state index in [1.165, 1.54) is 0 Å². The molecule has 3 fully saturated rings. The Morgan fingerprint density at radius 1 is 1.18 bits per heavy atom. The number of allylic oxidation sites excluding steroid dienone is 4. The van der Waals surface area contributed by atoms with E-state index in [1.54, 1.807) is 19.1 Å². The quantitative estimate of drug-likeness (QED) is 0.257. The first kappa shape index (κ1) is 30.3. The van der Waals surface area contributed by atoms with Crippen LogP contribution in [0.2, 0.25) is 0 Å². The van der Waals surface area contributed by atoms with E-state index in [1.807, 2.05) is 6.08 Å². The van der Waals surface area contributed by atoms with Crippen LogP contribution in [0.4, 0.5) is 4.79 Å². The van der Waals surface area contributed by atoms with Gasteiger partial charge in [0.05, 0.1) is 19.1 Å². The molecule has 3 saturated carbocycles. The van der Waals surface area contributed by atoms with Gasteiger partial charge in [-0.05, 0) is 68.4 Å². The Morgan fingerprint density at radius 3 is 2.51 bits per heavy atom. The highest BCUT2D eigenvalue weighted by Crippen LogP contribution is 2.66. The SMILES string of the molecule is CC12C=CC(=O)C=C1CCC1C2C(O)CC2(C)C(C(=O)COC(=O)CCO[N+](=O)[O-])CCC12.CCOC(=O)O. The number of aliphatic hydroxyl groups excluding tert-OH is 1. The van der Waals surface area contributed by atoms with Crippen LogP contribution < -0.4 is 0 Å². The van der Waals surface area contributed by atoms with Gasteiger partial charge < -0.3 is 24.5 Å². The summed E-state index contributed by atoms with van der Waals surface area (Å²) >= 11 is 0. The molecular weight excluding hydrogens is 514 g/mol. The predicted molar refractivity (Wildman–Crippen MR) is 135 cm³/mol. The van der Waals surface area contributed by atoms with E-state index in [2.05, 4.69) is 23.4 Å². The average molecular weight is 552 g/mol. The van der Waals surface area contributed by atoms with Crippen LogP contribution in [0.15, 0.2) is 23.8 Å². The second-order valence-corrected chi connectivity index (χ2v) is 11.1. The molecule has 4 aliphatic carbocycles. The molecule has 0 amide bonds. The van der Waals surface area contributed by atoms with Crippen LogP contribution in [-0.4, -0.2) is 64.9 Å². The smallest absolute Gasteiger partial charge is 0.458 e. The number of hydrogen-bond acceptors (Lipinski definition) is 10. The van der Waals surface area contributed by atoms with Crippen molar-refractivity contribution in [2.45, 2.75) is 65.4 Å². The molecule has 2 N–H and O–H groups in total. The zero-order chi connectivity index (χ0) is 29.0. The van der Waals surface area contributed by atoms with Crippen molar-refractivity contribution in [3.8, 4) is 0 Å². The highest BCUT2D eigenvalue weighted by atomic mass is 16.9. The van der Waals surface area contributed by atoms with Crippen molar-refractivity contribution in [1.82, 2.24) is 0 Å². The number of carbonyl (C=O) groups excluding carboxylic acids is 3. The van der Waals surface area contributed by atoms with Crippen LogP contribution in [0.5, 0.6) is 0 Å². The van der Waals surface area contributed by atoms with E-state index in [0.29, 0.717) is 12.8 Å². The van der Waals surface area contributed by atoms with Crippen LogP contribution in [0.3, 0.4) is 0 Å². The van der Waals surface area contributed by atoms with Gasteiger partial charge in [-0.2, -0.15) is 0 Å². The van der Waals surface area contributed by atoms with Crippen molar-refractivity contribution in [3.05, 3.63) is 33.9 Å². The first-order chi connectivity index (χ1) is 18.3. The monoisotopic (exact) mass is 551 g/mol. The molecule has 4 aliphatic rings. The minimum Gasteiger partial charge on any atom is -0.458 e. The summed E-state index contributed by atoms with van der Waals surface area (Å²) in [6.07, 6.45) is 6.95. The molecule has 7 atom stereocenters. The summed E-state index contributed by atoms with van der Waals surface area (Å²) in [6, 6.07) is 0. The van der Waals surface area contributed by atoms with E-state index in [9.17, 15) is 34.4 Å². The fourth-order valence-electron chi connectivity index (χ4n) is 7.51. The maximum Gasteiger partial charge on any atom is 0.505 e. The number of ether oxygens (including phenoxy) is 2. The van der Waals surface area contributed by atoms with Gasteiger partial charge in [0.25, 0.3) is 5.09 Å². The Balaban J connectivity index is 0.000000631. The Bertz CT molecular complexity index is 1050. The van der Waals surface area contributed by atoms with Crippen molar-refractivity contribution in [2.24, 2.45) is 34.5 Å². The zero-order valence-electron chi connectivity index (χ0n) is 22.5. The summed E-state index contributed by atoms with van der Waals surface area (Å²) in [7, 11) is 0. The number of aliphatic hydroxyl groups is 1. The number of esters is 1. The molecular formula is C27H37NO11. The number of nitrogens with zero attached hydrogens (tertiary/aromatic N) is 1. The van der Waals surface area contributed by atoms with E-state index in [0.717, 1.165) is 24.8 Å². The Kier molecular flexibility index (Phi) is 9.52. The van der Waals surface area contributed by atoms with Crippen LogP contribution in [0.1, 0.15) is 59.3 Å². The number of hydrogen-bond donors (Lipinski definition) is 2. The van der Waals surface area contributed by atoms with Gasteiger partial charge in [0.15, 0.2) is 11.6 Å². The Hall–Kier alpha value is -3.28. The first-order valence-corrected chi connectivity index (χ1v) is 13.3. The minimum absolute atomic E-state index is 0.00193. The standard InChI is InChI=1S/C24H31NO8.C3H6O3/c1-23-9-7-15(26)11-14(23)3-4-16-17-5-6-18(24(17,2)12-19(27)22(16)23)20(28)13-32-21(29)8-10-33-25(30)31;1-2-6-3(4)5/h7,9,11,16-19,22,27H,3-6,8,10,12-13H2,1-2H3;2H2,1H3,(H,4,5). The third kappa shape index (κ3) is 6.48. The molecule has 0 aromatic rings. The van der Waals surface area contributed by atoms with Crippen molar-refractivity contribution in [1.29, 1.82) is 0 Å². The predicted octanol–water partition coefficient (Wildman–Crippen LogP) is 3.29. The molecule has 7 unspecified atom stereocenters. The summed E-state index contributed by atoms with van der Waals surface area (Å²) < 4.78 is 9.01. The summed E-state index contributed by atoms with van der Waals surface area (Å²) in [4.78, 5) is 60.4. The fraction of sp³-hybridized carbons (Fsp3) is 0.704. The highest BCUT2D eigenvalue weighted by molar-refractivity contribution is 6.01. The average Bonchev–Trinajstić information content (AvgIpc) is 3.19. The number of carbonyl (C=O) groups is 4. The summed E-state index contributed by atoms with van der Waals surface area (Å²) in [6.45, 7) is 5.26. The molecule has 0 saturated heterocycles. The molecule has 12 heteroatoms. The lowest BCUT2D eigenvalue weighted by molar-refractivity contribution is -0.757. The van der Waals surface area contributed by atoms with Gasteiger partial charge in [-0.1, -0.05) is 25.5 Å². The molecule has 0 bridgehead atoms. The molecule has 216 valence electrons. The molecule has 0 spiro atoms. The van der Waals surface area contributed by atoms with E-state index >= 15 is 0 Å². The Labute approximate surface area is 226 Å². The summed E-state index contributed by atoms with van der Waals surface area (Å²) in [5, 5.41) is 28.2. The largest absolute Gasteiger partial charge is 0.505 e. The number of Topliss-reactive ketones (excluding diaryl/α,β-unsaturated/α-hetero) is 1. The van der Waals surface area contributed by atoms with Gasteiger partial charge in [0.1, 0.15) is 13.2 Å². The van der Waals surface area contributed by atoms with Crippen LogP contribution in [-0.2, 0) is 28.7 Å². The van der Waals surface area contributed by atoms with E-state index in [4.69, 9.17) is 9.84 Å². The van der Waals surface area contributed by atoms with Gasteiger partial charge in [-0.25, -0.2) is 4.79 Å². The second kappa shape index (κ2) is 12.3. The summed E-state index contributed by atoms with van der Waals surface area (Å²) in [5.41, 5.74) is 0.364. The number of carboxylic acid groups (broad SMARTS) is 1. The number of ketones is 2. The zero-order valence-corrected chi connectivity index (χ0v) is 22.5. The maximum absolute atomic E-state index is 13.0. The normalized spacial score (nSPS) is 34.2. The second-order valence-electron chi connectivity index (χ2n) is 11.1. The third-order valence-electron chi connectivity index (χ3n) is 9.03. The topological polar surface area (TPSA) is 180 Å². The first-order valence-electron chi connectivity index (χ1n) is 13.3. The molecule has 12 nitrogen and oxygen atoms in total. The van der Waals surface area contributed by atoms with Crippen molar-refractivity contribution in [3.63, 3.8) is 0 Å². The summed E-state index contributed by atoms with van der Waals surface area (Å²) in [5.74, 6) is -0.664.